The molecule has 3 aliphatic rings. The van der Waals surface area contributed by atoms with Crippen LogP contribution in [0.2, 0.25) is 0 Å². The summed E-state index contributed by atoms with van der Waals surface area (Å²) in [5, 5.41) is 0. The SMILES string of the molecule is C=CCN1CC[C@@H]2O[C@@H](C(=O)N3CCOCC3)CC[C@@H]21. The standard InChI is InChI=1S/C15H24N2O3/c1-2-6-16-7-5-13-12(16)3-4-14(20-13)15(18)17-8-10-19-11-9-17/h2,12-14H,1,3-11H2/t12-,13-,14+/m0/s1. The van der Waals surface area contributed by atoms with Crippen LogP contribution in [0.25, 0.3) is 0 Å². The molecule has 0 aromatic heterocycles. The van der Waals surface area contributed by atoms with Crippen molar-refractivity contribution >= 4 is 5.91 Å². The van der Waals surface area contributed by atoms with Gasteiger partial charge in [-0.15, -0.1) is 6.58 Å². The summed E-state index contributed by atoms with van der Waals surface area (Å²) in [7, 11) is 0. The number of nitrogens with zero attached hydrogens (tertiary/aromatic N) is 2. The van der Waals surface area contributed by atoms with E-state index in [2.05, 4.69) is 11.5 Å². The molecule has 0 saturated carbocycles. The molecular weight excluding hydrogens is 256 g/mol. The zero-order valence-corrected chi connectivity index (χ0v) is 12.0. The van der Waals surface area contributed by atoms with Gasteiger partial charge in [-0.1, -0.05) is 6.08 Å². The molecule has 1 amide bonds. The molecule has 5 heteroatoms. The van der Waals surface area contributed by atoms with E-state index >= 15 is 0 Å². The molecule has 0 unspecified atom stereocenters. The van der Waals surface area contributed by atoms with E-state index in [1.807, 2.05) is 11.0 Å². The van der Waals surface area contributed by atoms with Gasteiger partial charge in [-0.2, -0.15) is 0 Å². The summed E-state index contributed by atoms with van der Waals surface area (Å²) in [6, 6.07) is 0.474. The Morgan fingerprint density at radius 2 is 2.00 bits per heavy atom. The molecule has 0 bridgehead atoms. The van der Waals surface area contributed by atoms with Gasteiger partial charge in [0.05, 0.1) is 19.3 Å². The van der Waals surface area contributed by atoms with Crippen molar-refractivity contribution in [2.45, 2.75) is 37.5 Å². The van der Waals surface area contributed by atoms with Crippen LogP contribution in [0.15, 0.2) is 12.7 Å². The average Bonchev–Trinajstić information content (AvgIpc) is 2.90. The van der Waals surface area contributed by atoms with E-state index in [-0.39, 0.29) is 18.1 Å². The maximum absolute atomic E-state index is 12.5. The van der Waals surface area contributed by atoms with Crippen molar-refractivity contribution in [2.75, 3.05) is 39.4 Å². The Balaban J connectivity index is 1.56. The third-order valence-corrected chi connectivity index (χ3v) is 4.62. The minimum atomic E-state index is -0.238. The van der Waals surface area contributed by atoms with Crippen LogP contribution in [-0.4, -0.2) is 73.3 Å². The maximum atomic E-state index is 12.5. The summed E-state index contributed by atoms with van der Waals surface area (Å²) in [6.45, 7) is 8.50. The van der Waals surface area contributed by atoms with E-state index in [4.69, 9.17) is 9.47 Å². The van der Waals surface area contributed by atoms with E-state index in [0.717, 1.165) is 32.4 Å². The fourth-order valence-electron chi connectivity index (χ4n) is 3.58. The molecule has 3 aliphatic heterocycles. The second kappa shape index (κ2) is 6.24. The van der Waals surface area contributed by atoms with Crippen molar-refractivity contribution in [3.05, 3.63) is 12.7 Å². The molecule has 5 nitrogen and oxygen atoms in total. The number of hydrogen-bond acceptors (Lipinski definition) is 4. The van der Waals surface area contributed by atoms with Gasteiger partial charge in [0, 0.05) is 32.2 Å². The highest BCUT2D eigenvalue weighted by Gasteiger charge is 2.42. The lowest BCUT2D eigenvalue weighted by Gasteiger charge is -2.37. The third-order valence-electron chi connectivity index (χ3n) is 4.62. The second-order valence-electron chi connectivity index (χ2n) is 5.82. The van der Waals surface area contributed by atoms with Gasteiger partial charge in [-0.25, -0.2) is 0 Å². The van der Waals surface area contributed by atoms with Gasteiger partial charge < -0.3 is 14.4 Å². The number of carbonyl (C=O) groups is 1. The van der Waals surface area contributed by atoms with Crippen molar-refractivity contribution in [1.29, 1.82) is 0 Å². The molecule has 20 heavy (non-hydrogen) atoms. The first kappa shape index (κ1) is 14.0. The molecule has 0 radical (unpaired) electrons. The molecule has 3 fully saturated rings. The molecule has 0 N–H and O–H groups in total. The number of fused-ring (bicyclic) bond motifs is 1. The highest BCUT2D eigenvalue weighted by molar-refractivity contribution is 5.81. The van der Waals surface area contributed by atoms with Gasteiger partial charge in [-0.3, -0.25) is 9.69 Å². The van der Waals surface area contributed by atoms with E-state index in [1.165, 1.54) is 0 Å². The molecule has 3 atom stereocenters. The Bertz CT molecular complexity index is 368. The van der Waals surface area contributed by atoms with Gasteiger partial charge in [0.15, 0.2) is 0 Å². The van der Waals surface area contributed by atoms with Gasteiger partial charge in [0.2, 0.25) is 0 Å². The number of morpholine rings is 1. The molecule has 112 valence electrons. The van der Waals surface area contributed by atoms with Crippen LogP contribution in [-0.2, 0) is 14.3 Å². The van der Waals surface area contributed by atoms with Crippen LogP contribution in [0, 0.1) is 0 Å². The highest BCUT2D eigenvalue weighted by atomic mass is 16.5. The second-order valence-corrected chi connectivity index (χ2v) is 5.82. The molecule has 0 aliphatic carbocycles. The topological polar surface area (TPSA) is 42.0 Å². The first-order valence-corrected chi connectivity index (χ1v) is 7.66. The van der Waals surface area contributed by atoms with E-state index in [9.17, 15) is 4.79 Å². The lowest BCUT2D eigenvalue weighted by molar-refractivity contribution is -0.158. The van der Waals surface area contributed by atoms with Crippen molar-refractivity contribution in [3.63, 3.8) is 0 Å². The third kappa shape index (κ3) is 2.75. The van der Waals surface area contributed by atoms with Crippen molar-refractivity contribution < 1.29 is 14.3 Å². The zero-order valence-electron chi connectivity index (χ0n) is 12.0. The molecule has 0 aromatic rings. The van der Waals surface area contributed by atoms with Crippen LogP contribution in [0.5, 0.6) is 0 Å². The molecular formula is C15H24N2O3. The largest absolute Gasteiger partial charge is 0.378 e. The Morgan fingerprint density at radius 1 is 1.20 bits per heavy atom. The van der Waals surface area contributed by atoms with Crippen molar-refractivity contribution in [3.8, 4) is 0 Å². The molecule has 3 heterocycles. The zero-order chi connectivity index (χ0) is 13.9. The molecule has 0 aromatic carbocycles. The van der Waals surface area contributed by atoms with Gasteiger partial charge in [0.1, 0.15) is 6.10 Å². The van der Waals surface area contributed by atoms with Crippen LogP contribution in [0.1, 0.15) is 19.3 Å². The van der Waals surface area contributed by atoms with Crippen LogP contribution in [0.4, 0.5) is 0 Å². The fourth-order valence-corrected chi connectivity index (χ4v) is 3.58. The minimum absolute atomic E-state index is 0.161. The maximum Gasteiger partial charge on any atom is 0.251 e. The number of likely N-dealkylation sites (tertiary alicyclic amines) is 1. The Morgan fingerprint density at radius 3 is 2.75 bits per heavy atom. The number of amides is 1. The lowest BCUT2D eigenvalue weighted by atomic mass is 9.98. The molecule has 3 rings (SSSR count). The van der Waals surface area contributed by atoms with Crippen LogP contribution >= 0.6 is 0 Å². The highest BCUT2D eigenvalue weighted by Crippen LogP contribution is 2.31. The van der Waals surface area contributed by atoms with Crippen molar-refractivity contribution in [1.82, 2.24) is 9.80 Å². The van der Waals surface area contributed by atoms with E-state index in [1.54, 1.807) is 0 Å². The Labute approximate surface area is 120 Å². The minimum Gasteiger partial charge on any atom is -0.378 e. The summed E-state index contributed by atoms with van der Waals surface area (Å²) in [5.41, 5.74) is 0. The first-order chi connectivity index (χ1) is 9.79. The predicted octanol–water partition coefficient (Wildman–Crippen LogP) is 0.653. The Kier molecular flexibility index (Phi) is 4.38. The van der Waals surface area contributed by atoms with Crippen LogP contribution < -0.4 is 0 Å². The summed E-state index contributed by atoms with van der Waals surface area (Å²) >= 11 is 0. The number of ether oxygens (including phenoxy) is 2. The van der Waals surface area contributed by atoms with Crippen LogP contribution in [0.3, 0.4) is 0 Å². The van der Waals surface area contributed by atoms with Gasteiger partial charge in [-0.05, 0) is 19.3 Å². The first-order valence-electron chi connectivity index (χ1n) is 7.66. The summed E-state index contributed by atoms with van der Waals surface area (Å²) in [6.07, 6.45) is 4.86. The van der Waals surface area contributed by atoms with E-state index < -0.39 is 0 Å². The summed E-state index contributed by atoms with van der Waals surface area (Å²) in [4.78, 5) is 16.8. The number of rotatable bonds is 3. The van der Waals surface area contributed by atoms with Gasteiger partial charge >= 0.3 is 0 Å². The average molecular weight is 280 g/mol. The number of hydrogen-bond donors (Lipinski definition) is 0. The quantitative estimate of drug-likeness (QED) is 0.712. The number of carbonyl (C=O) groups excluding carboxylic acids is 1. The summed E-state index contributed by atoms with van der Waals surface area (Å²) < 4.78 is 11.4. The normalized spacial score (nSPS) is 34.8. The smallest absolute Gasteiger partial charge is 0.251 e. The molecule has 0 spiro atoms. The fraction of sp³-hybridized carbons (Fsp3) is 0.800. The van der Waals surface area contributed by atoms with Crippen molar-refractivity contribution in [2.24, 2.45) is 0 Å². The van der Waals surface area contributed by atoms with E-state index in [0.29, 0.717) is 32.3 Å². The monoisotopic (exact) mass is 280 g/mol. The predicted molar refractivity (Wildman–Crippen MR) is 75.5 cm³/mol. The molecule has 3 saturated heterocycles. The Hall–Kier alpha value is -0.910. The summed E-state index contributed by atoms with van der Waals surface area (Å²) in [5.74, 6) is 0.161. The van der Waals surface area contributed by atoms with Gasteiger partial charge in [0.25, 0.3) is 5.91 Å². The lowest BCUT2D eigenvalue weighted by Crippen LogP contribution is -2.51.